The molecule has 0 fully saturated rings. The van der Waals surface area contributed by atoms with E-state index in [0.717, 1.165) is 41.8 Å². The van der Waals surface area contributed by atoms with Crippen LogP contribution in [0.2, 0.25) is 0 Å². The van der Waals surface area contributed by atoms with Gasteiger partial charge in [-0.2, -0.15) is 5.26 Å². The van der Waals surface area contributed by atoms with Crippen LogP contribution in [0.3, 0.4) is 0 Å². The van der Waals surface area contributed by atoms with Gasteiger partial charge in [-0.25, -0.2) is 0 Å². The fourth-order valence-electron chi connectivity index (χ4n) is 2.84. The Bertz CT molecular complexity index is 735. The first-order valence-corrected chi connectivity index (χ1v) is 6.65. The Morgan fingerprint density at radius 3 is 2.80 bits per heavy atom. The lowest BCUT2D eigenvalue weighted by molar-refractivity contribution is 0.317. The molecule has 0 saturated carbocycles. The van der Waals surface area contributed by atoms with Gasteiger partial charge in [0.15, 0.2) is 0 Å². The molecule has 0 spiro atoms. The van der Waals surface area contributed by atoms with Crippen molar-refractivity contribution in [3.63, 3.8) is 0 Å². The van der Waals surface area contributed by atoms with Gasteiger partial charge in [0, 0.05) is 18.3 Å². The molecule has 1 heterocycles. The van der Waals surface area contributed by atoms with Gasteiger partial charge in [0.25, 0.3) is 0 Å². The molecule has 20 heavy (non-hydrogen) atoms. The van der Waals surface area contributed by atoms with E-state index in [2.05, 4.69) is 17.3 Å². The summed E-state index contributed by atoms with van der Waals surface area (Å²) >= 11 is 0. The van der Waals surface area contributed by atoms with Crippen molar-refractivity contribution in [2.75, 3.05) is 0 Å². The van der Waals surface area contributed by atoms with E-state index in [4.69, 9.17) is 10.5 Å². The fourth-order valence-corrected chi connectivity index (χ4v) is 2.84. The van der Waals surface area contributed by atoms with Gasteiger partial charge in [-0.05, 0) is 48.6 Å². The second-order valence-corrected chi connectivity index (χ2v) is 5.05. The maximum Gasteiger partial charge on any atom is 0.120 e. The molecule has 0 radical (unpaired) electrons. The van der Waals surface area contributed by atoms with E-state index >= 15 is 0 Å². The summed E-state index contributed by atoms with van der Waals surface area (Å²) in [4.78, 5) is 0. The number of rotatable bonds is 1. The van der Waals surface area contributed by atoms with Gasteiger partial charge in [-0.1, -0.05) is 17.3 Å². The molecular weight excluding hydrogens is 250 g/mol. The van der Waals surface area contributed by atoms with Crippen LogP contribution >= 0.6 is 0 Å². The molecule has 4 heteroatoms. The summed E-state index contributed by atoms with van der Waals surface area (Å²) in [6.07, 6.45) is 2.83. The van der Waals surface area contributed by atoms with Crippen molar-refractivity contribution in [3.8, 4) is 17.3 Å². The van der Waals surface area contributed by atoms with Gasteiger partial charge in [0.05, 0.1) is 5.71 Å². The van der Waals surface area contributed by atoms with Gasteiger partial charge in [0.1, 0.15) is 11.8 Å². The summed E-state index contributed by atoms with van der Waals surface area (Å²) in [5.74, 6) is 0. The van der Waals surface area contributed by atoms with E-state index in [0.29, 0.717) is 5.69 Å². The van der Waals surface area contributed by atoms with Crippen molar-refractivity contribution in [2.24, 2.45) is 12.2 Å². The third-order valence-electron chi connectivity index (χ3n) is 3.93. The van der Waals surface area contributed by atoms with Crippen LogP contribution in [0, 0.1) is 11.3 Å². The van der Waals surface area contributed by atoms with Crippen molar-refractivity contribution in [1.29, 1.82) is 5.26 Å². The standard InChI is InChI=1S/C16H15N3O/c1-19-13(10-17)6-8-16(19)12-5-7-14-11(9-12)3-2-4-15(14)18-20/h5-9,20H,2-4H2,1H3/b18-15-. The third-order valence-corrected chi connectivity index (χ3v) is 3.93. The molecule has 2 aromatic rings. The van der Waals surface area contributed by atoms with Crippen LogP contribution in [0.15, 0.2) is 35.5 Å². The highest BCUT2D eigenvalue weighted by Crippen LogP contribution is 2.28. The van der Waals surface area contributed by atoms with Crippen molar-refractivity contribution < 1.29 is 5.21 Å². The maximum absolute atomic E-state index is 9.05. The van der Waals surface area contributed by atoms with Crippen molar-refractivity contribution in [3.05, 3.63) is 47.2 Å². The minimum absolute atomic E-state index is 0.648. The molecule has 0 bridgehead atoms. The summed E-state index contributed by atoms with van der Waals surface area (Å²) in [6.45, 7) is 0. The van der Waals surface area contributed by atoms with Crippen LogP contribution in [0.4, 0.5) is 0 Å². The number of hydrogen-bond acceptors (Lipinski definition) is 3. The van der Waals surface area contributed by atoms with Gasteiger partial charge in [-0.15, -0.1) is 0 Å². The SMILES string of the molecule is Cn1c(C#N)ccc1-c1ccc2c(c1)CCC/C2=N/O. The normalized spacial score (nSPS) is 15.9. The predicted molar refractivity (Wildman–Crippen MR) is 76.8 cm³/mol. The molecule has 1 aliphatic carbocycles. The number of nitriles is 1. The van der Waals surface area contributed by atoms with E-state index < -0.39 is 0 Å². The van der Waals surface area contributed by atoms with Crippen molar-refractivity contribution in [1.82, 2.24) is 4.57 Å². The first-order valence-electron chi connectivity index (χ1n) is 6.65. The minimum Gasteiger partial charge on any atom is -0.411 e. The first kappa shape index (κ1) is 12.5. The zero-order chi connectivity index (χ0) is 14.1. The Labute approximate surface area is 117 Å². The van der Waals surface area contributed by atoms with Crippen molar-refractivity contribution >= 4 is 5.71 Å². The second kappa shape index (κ2) is 4.86. The van der Waals surface area contributed by atoms with E-state index in [1.807, 2.05) is 35.9 Å². The zero-order valence-corrected chi connectivity index (χ0v) is 11.3. The summed E-state index contributed by atoms with van der Waals surface area (Å²) in [6, 6.07) is 12.1. The van der Waals surface area contributed by atoms with Crippen LogP contribution in [0.25, 0.3) is 11.3 Å². The lowest BCUT2D eigenvalue weighted by Crippen LogP contribution is -2.12. The van der Waals surface area contributed by atoms with Crippen LogP contribution < -0.4 is 0 Å². The van der Waals surface area contributed by atoms with E-state index in [-0.39, 0.29) is 0 Å². The second-order valence-electron chi connectivity index (χ2n) is 5.05. The summed E-state index contributed by atoms with van der Waals surface area (Å²) in [5.41, 5.74) is 5.78. The molecule has 0 aliphatic heterocycles. The maximum atomic E-state index is 9.05. The van der Waals surface area contributed by atoms with E-state index in [9.17, 15) is 0 Å². The molecule has 1 aromatic heterocycles. The monoisotopic (exact) mass is 265 g/mol. The number of nitrogens with zero attached hydrogens (tertiary/aromatic N) is 3. The molecule has 1 aliphatic rings. The summed E-state index contributed by atoms with van der Waals surface area (Å²) < 4.78 is 1.89. The molecule has 0 saturated heterocycles. The number of benzene rings is 1. The average Bonchev–Trinajstić information content (AvgIpc) is 2.86. The number of fused-ring (bicyclic) bond motifs is 1. The minimum atomic E-state index is 0.648. The van der Waals surface area contributed by atoms with E-state index in [1.165, 1.54) is 5.56 Å². The smallest absolute Gasteiger partial charge is 0.120 e. The average molecular weight is 265 g/mol. The molecule has 0 atom stereocenters. The number of aromatic nitrogens is 1. The zero-order valence-electron chi connectivity index (χ0n) is 11.3. The van der Waals surface area contributed by atoms with Gasteiger partial charge in [0.2, 0.25) is 0 Å². The first-order chi connectivity index (χ1) is 9.74. The highest BCUT2D eigenvalue weighted by atomic mass is 16.4. The third kappa shape index (κ3) is 1.88. The van der Waals surface area contributed by atoms with Crippen LogP contribution in [-0.4, -0.2) is 15.5 Å². The molecule has 0 unspecified atom stereocenters. The highest BCUT2D eigenvalue weighted by Gasteiger charge is 2.17. The Morgan fingerprint density at radius 2 is 2.10 bits per heavy atom. The summed E-state index contributed by atoms with van der Waals surface area (Å²) in [5, 5.41) is 21.5. The lowest BCUT2D eigenvalue weighted by atomic mass is 9.88. The lowest BCUT2D eigenvalue weighted by Gasteiger charge is -2.18. The van der Waals surface area contributed by atoms with Gasteiger partial charge in [-0.3, -0.25) is 0 Å². The quantitative estimate of drug-likeness (QED) is 0.636. The van der Waals surface area contributed by atoms with Crippen LogP contribution in [0.5, 0.6) is 0 Å². The largest absolute Gasteiger partial charge is 0.411 e. The Balaban J connectivity index is 2.09. The van der Waals surface area contributed by atoms with Crippen LogP contribution in [-0.2, 0) is 13.5 Å². The van der Waals surface area contributed by atoms with Gasteiger partial charge < -0.3 is 9.77 Å². The molecule has 0 amide bonds. The molecule has 1 aromatic carbocycles. The van der Waals surface area contributed by atoms with Crippen LogP contribution in [0.1, 0.15) is 29.7 Å². The Kier molecular flexibility index (Phi) is 3.03. The predicted octanol–water partition coefficient (Wildman–Crippen LogP) is 3.08. The molecule has 4 nitrogen and oxygen atoms in total. The Hall–Kier alpha value is -2.54. The number of hydrogen-bond donors (Lipinski definition) is 1. The molecule has 3 rings (SSSR count). The number of aryl methyl sites for hydroxylation is 1. The fraction of sp³-hybridized carbons (Fsp3) is 0.250. The van der Waals surface area contributed by atoms with Gasteiger partial charge >= 0.3 is 0 Å². The molecule has 100 valence electrons. The summed E-state index contributed by atoms with van der Waals surface area (Å²) in [7, 11) is 1.90. The van der Waals surface area contributed by atoms with E-state index in [1.54, 1.807) is 0 Å². The molecular formula is C16H15N3O. The number of oxime groups is 1. The molecule has 1 N–H and O–H groups in total. The Morgan fingerprint density at radius 1 is 1.25 bits per heavy atom. The topological polar surface area (TPSA) is 61.3 Å². The van der Waals surface area contributed by atoms with Crippen molar-refractivity contribution in [2.45, 2.75) is 19.3 Å². The highest BCUT2D eigenvalue weighted by molar-refractivity contribution is 6.02.